The Morgan fingerprint density at radius 3 is 2.09 bits per heavy atom. The lowest BCUT2D eigenvalue weighted by atomic mass is 10.1. The standard InChI is InChI=1S/C19H21N3O/c23-19(22-13-15-5-1-2-6-16(15)14-22)20-17-7-9-18(10-8-17)21-11-3-4-12-21/h1-2,5-10H,3-4,11-14H2,(H,20,23). The minimum atomic E-state index is -0.0323. The molecule has 4 heteroatoms. The van der Waals surface area contributed by atoms with Gasteiger partial charge in [0.05, 0.1) is 0 Å². The average Bonchev–Trinajstić information content (AvgIpc) is 3.25. The smallest absolute Gasteiger partial charge is 0.322 e. The Labute approximate surface area is 136 Å². The summed E-state index contributed by atoms with van der Waals surface area (Å²) < 4.78 is 0. The molecule has 4 nitrogen and oxygen atoms in total. The lowest BCUT2D eigenvalue weighted by Crippen LogP contribution is -2.30. The molecule has 0 atom stereocenters. The van der Waals surface area contributed by atoms with Gasteiger partial charge in [0.2, 0.25) is 0 Å². The van der Waals surface area contributed by atoms with Crippen LogP contribution in [0.15, 0.2) is 48.5 Å². The van der Waals surface area contributed by atoms with Crippen LogP contribution in [0.4, 0.5) is 16.2 Å². The van der Waals surface area contributed by atoms with Crippen molar-refractivity contribution in [3.8, 4) is 0 Å². The first-order valence-corrected chi connectivity index (χ1v) is 8.27. The van der Waals surface area contributed by atoms with Gasteiger partial charge in [0.25, 0.3) is 0 Å². The largest absolute Gasteiger partial charge is 0.372 e. The van der Waals surface area contributed by atoms with Crippen molar-refractivity contribution in [1.29, 1.82) is 0 Å². The molecule has 1 fully saturated rings. The van der Waals surface area contributed by atoms with Gasteiger partial charge in [-0.15, -0.1) is 0 Å². The van der Waals surface area contributed by atoms with Crippen molar-refractivity contribution >= 4 is 17.4 Å². The molecule has 0 unspecified atom stereocenters. The second kappa shape index (κ2) is 5.95. The van der Waals surface area contributed by atoms with Crippen molar-refractivity contribution in [2.45, 2.75) is 25.9 Å². The van der Waals surface area contributed by atoms with E-state index in [9.17, 15) is 4.79 Å². The normalized spacial score (nSPS) is 16.5. The molecule has 0 aliphatic carbocycles. The molecule has 2 amide bonds. The van der Waals surface area contributed by atoms with Gasteiger partial charge in [-0.1, -0.05) is 24.3 Å². The number of urea groups is 1. The van der Waals surface area contributed by atoms with E-state index in [-0.39, 0.29) is 6.03 Å². The van der Waals surface area contributed by atoms with E-state index in [1.807, 2.05) is 29.2 Å². The molecule has 2 aromatic carbocycles. The summed E-state index contributed by atoms with van der Waals surface area (Å²) in [7, 11) is 0. The van der Waals surface area contributed by atoms with Crippen molar-refractivity contribution in [2.75, 3.05) is 23.3 Å². The van der Waals surface area contributed by atoms with Gasteiger partial charge in [0.15, 0.2) is 0 Å². The van der Waals surface area contributed by atoms with Crippen LogP contribution in [0.25, 0.3) is 0 Å². The van der Waals surface area contributed by atoms with Crippen LogP contribution < -0.4 is 10.2 Å². The van der Waals surface area contributed by atoms with Crippen molar-refractivity contribution in [2.24, 2.45) is 0 Å². The Morgan fingerprint density at radius 2 is 1.48 bits per heavy atom. The first-order valence-electron chi connectivity index (χ1n) is 8.27. The number of nitrogens with one attached hydrogen (secondary N) is 1. The van der Waals surface area contributed by atoms with Crippen molar-refractivity contribution in [1.82, 2.24) is 4.90 Å². The second-order valence-corrected chi connectivity index (χ2v) is 6.30. The van der Waals surface area contributed by atoms with E-state index in [0.717, 1.165) is 18.8 Å². The van der Waals surface area contributed by atoms with Crippen LogP contribution in [0.3, 0.4) is 0 Å². The molecule has 2 aliphatic rings. The fourth-order valence-electron chi connectivity index (χ4n) is 3.41. The van der Waals surface area contributed by atoms with E-state index < -0.39 is 0 Å². The van der Waals surface area contributed by atoms with Crippen LogP contribution in [-0.4, -0.2) is 24.0 Å². The molecule has 1 saturated heterocycles. The maximum atomic E-state index is 12.4. The van der Waals surface area contributed by atoms with Crippen LogP contribution in [0.2, 0.25) is 0 Å². The van der Waals surface area contributed by atoms with E-state index in [1.165, 1.54) is 29.7 Å². The van der Waals surface area contributed by atoms with Gasteiger partial charge in [-0.05, 0) is 48.2 Å². The molecule has 0 saturated carbocycles. The topological polar surface area (TPSA) is 35.6 Å². The third-order valence-electron chi connectivity index (χ3n) is 4.72. The van der Waals surface area contributed by atoms with E-state index in [1.54, 1.807) is 0 Å². The SMILES string of the molecule is O=C(Nc1ccc(N2CCCC2)cc1)N1Cc2ccccc2C1. The van der Waals surface area contributed by atoms with Gasteiger partial charge >= 0.3 is 6.03 Å². The van der Waals surface area contributed by atoms with E-state index >= 15 is 0 Å². The monoisotopic (exact) mass is 307 g/mol. The van der Waals surface area contributed by atoms with Crippen LogP contribution >= 0.6 is 0 Å². The fourth-order valence-corrected chi connectivity index (χ4v) is 3.41. The number of carbonyl (C=O) groups excluding carboxylic acids is 1. The fraction of sp³-hybridized carbons (Fsp3) is 0.316. The van der Waals surface area contributed by atoms with Crippen LogP contribution in [0.1, 0.15) is 24.0 Å². The first kappa shape index (κ1) is 14.1. The van der Waals surface area contributed by atoms with E-state index in [2.05, 4.69) is 34.5 Å². The molecule has 2 aromatic rings. The molecule has 2 aliphatic heterocycles. The number of rotatable bonds is 2. The van der Waals surface area contributed by atoms with Crippen LogP contribution in [0, 0.1) is 0 Å². The predicted octanol–water partition coefficient (Wildman–Crippen LogP) is 3.83. The molecule has 0 bridgehead atoms. The molecule has 23 heavy (non-hydrogen) atoms. The zero-order valence-electron chi connectivity index (χ0n) is 13.2. The maximum Gasteiger partial charge on any atom is 0.322 e. The van der Waals surface area contributed by atoms with Gasteiger partial charge in [0, 0.05) is 37.6 Å². The van der Waals surface area contributed by atoms with Crippen molar-refractivity contribution in [3.05, 3.63) is 59.7 Å². The quantitative estimate of drug-likeness (QED) is 0.915. The molecule has 0 radical (unpaired) electrons. The highest BCUT2D eigenvalue weighted by atomic mass is 16.2. The molecule has 0 aromatic heterocycles. The summed E-state index contributed by atoms with van der Waals surface area (Å²) in [5.41, 5.74) is 4.59. The summed E-state index contributed by atoms with van der Waals surface area (Å²) in [5.74, 6) is 0. The zero-order chi connectivity index (χ0) is 15.6. The number of amides is 2. The van der Waals surface area contributed by atoms with Gasteiger partial charge < -0.3 is 15.1 Å². The number of nitrogens with zero attached hydrogens (tertiary/aromatic N) is 2. The summed E-state index contributed by atoms with van der Waals surface area (Å²) in [6, 6.07) is 16.4. The third kappa shape index (κ3) is 2.89. The van der Waals surface area contributed by atoms with Crippen molar-refractivity contribution < 1.29 is 4.79 Å². The van der Waals surface area contributed by atoms with Crippen LogP contribution in [0.5, 0.6) is 0 Å². The Balaban J connectivity index is 1.39. The Bertz CT molecular complexity index is 680. The highest BCUT2D eigenvalue weighted by Crippen LogP contribution is 2.25. The Morgan fingerprint density at radius 1 is 0.870 bits per heavy atom. The summed E-state index contributed by atoms with van der Waals surface area (Å²) in [5, 5.41) is 3.00. The number of carbonyl (C=O) groups is 1. The first-order chi connectivity index (χ1) is 11.3. The molecule has 0 spiro atoms. The Hall–Kier alpha value is -2.49. The average molecular weight is 307 g/mol. The molecular weight excluding hydrogens is 286 g/mol. The maximum absolute atomic E-state index is 12.4. The van der Waals surface area contributed by atoms with Gasteiger partial charge in [-0.3, -0.25) is 0 Å². The lowest BCUT2D eigenvalue weighted by Gasteiger charge is -2.19. The summed E-state index contributed by atoms with van der Waals surface area (Å²) in [6.07, 6.45) is 2.54. The highest BCUT2D eigenvalue weighted by Gasteiger charge is 2.22. The molecule has 1 N–H and O–H groups in total. The number of benzene rings is 2. The van der Waals surface area contributed by atoms with Gasteiger partial charge in [-0.25, -0.2) is 4.79 Å². The predicted molar refractivity (Wildman–Crippen MR) is 92.6 cm³/mol. The number of hydrogen-bond donors (Lipinski definition) is 1. The zero-order valence-corrected chi connectivity index (χ0v) is 13.2. The Kier molecular flexibility index (Phi) is 3.66. The third-order valence-corrected chi connectivity index (χ3v) is 4.72. The lowest BCUT2D eigenvalue weighted by molar-refractivity contribution is 0.212. The van der Waals surface area contributed by atoms with Gasteiger partial charge in [0.1, 0.15) is 0 Å². The minimum absolute atomic E-state index is 0.0323. The van der Waals surface area contributed by atoms with Gasteiger partial charge in [-0.2, -0.15) is 0 Å². The van der Waals surface area contributed by atoms with Crippen LogP contribution in [-0.2, 0) is 13.1 Å². The summed E-state index contributed by atoms with van der Waals surface area (Å²) in [6.45, 7) is 3.65. The second-order valence-electron chi connectivity index (χ2n) is 6.30. The van der Waals surface area contributed by atoms with E-state index in [4.69, 9.17) is 0 Å². The number of anilines is 2. The number of fused-ring (bicyclic) bond motifs is 1. The molecule has 118 valence electrons. The molecule has 2 heterocycles. The highest BCUT2D eigenvalue weighted by molar-refractivity contribution is 5.89. The summed E-state index contributed by atoms with van der Waals surface area (Å²) in [4.78, 5) is 16.7. The minimum Gasteiger partial charge on any atom is -0.372 e. The van der Waals surface area contributed by atoms with Crippen molar-refractivity contribution in [3.63, 3.8) is 0 Å². The number of hydrogen-bond acceptors (Lipinski definition) is 2. The summed E-state index contributed by atoms with van der Waals surface area (Å²) >= 11 is 0. The molecule has 4 rings (SSSR count). The van der Waals surface area contributed by atoms with E-state index in [0.29, 0.717) is 13.1 Å². The molecular formula is C19H21N3O.